The fourth-order valence-corrected chi connectivity index (χ4v) is 13.1. The van der Waals surface area contributed by atoms with Gasteiger partial charge in [-0.05, 0) is 111 Å². The van der Waals surface area contributed by atoms with E-state index < -0.39 is 110 Å². The largest absolute Gasteiger partial charge is 0.394 e. The molecule has 2 saturated heterocycles. The van der Waals surface area contributed by atoms with Crippen molar-refractivity contribution in [3.8, 4) is 0 Å². The van der Waals surface area contributed by atoms with Gasteiger partial charge in [0.1, 0.15) is 54.9 Å². The lowest BCUT2D eigenvalue weighted by Crippen LogP contribution is -2.67. The van der Waals surface area contributed by atoms with Crippen LogP contribution in [0.4, 0.5) is 0 Å². The van der Waals surface area contributed by atoms with Gasteiger partial charge in [-0.1, -0.05) is 46.8 Å². The molecule has 57 heavy (non-hydrogen) atoms. The fourth-order valence-electron chi connectivity index (χ4n) is 13.1. The molecular formula is C42H72O15. The lowest BCUT2D eigenvalue weighted by atomic mass is 9.35. The van der Waals surface area contributed by atoms with Gasteiger partial charge in [0.05, 0.1) is 36.6 Å². The van der Waals surface area contributed by atoms with Crippen LogP contribution < -0.4 is 0 Å². The van der Waals surface area contributed by atoms with Gasteiger partial charge in [0, 0.05) is 0 Å². The minimum absolute atomic E-state index is 0.123. The maximum absolute atomic E-state index is 12.2. The number of ether oxygens (including phenoxy) is 4. The normalized spacial score (nSPS) is 51.8. The van der Waals surface area contributed by atoms with Gasteiger partial charge < -0.3 is 75.1 Å². The Kier molecular flexibility index (Phi) is 12.7. The third kappa shape index (κ3) is 7.49. The van der Waals surface area contributed by atoms with Crippen LogP contribution in [0.2, 0.25) is 0 Å². The summed E-state index contributed by atoms with van der Waals surface area (Å²) >= 11 is 0. The van der Waals surface area contributed by atoms with Crippen LogP contribution in [0.3, 0.4) is 0 Å². The second-order valence-electron chi connectivity index (χ2n) is 20.6. The molecule has 0 aromatic carbocycles. The average molecular weight is 817 g/mol. The van der Waals surface area contributed by atoms with Gasteiger partial charge in [-0.15, -0.1) is 0 Å². The van der Waals surface area contributed by atoms with Gasteiger partial charge in [-0.2, -0.15) is 0 Å². The van der Waals surface area contributed by atoms with Crippen molar-refractivity contribution in [1.82, 2.24) is 0 Å². The zero-order chi connectivity index (χ0) is 42.4. The highest BCUT2D eigenvalue weighted by Crippen LogP contribution is 2.76. The van der Waals surface area contributed by atoms with Crippen molar-refractivity contribution in [3.63, 3.8) is 0 Å². The number of hydrogen-bond donors (Lipinski definition) is 11. The smallest absolute Gasteiger partial charge is 0.187 e. The van der Waals surface area contributed by atoms with Crippen LogP contribution in [0.25, 0.3) is 0 Å². The number of rotatable bonds is 10. The van der Waals surface area contributed by atoms with Crippen LogP contribution in [0.5, 0.6) is 0 Å². The van der Waals surface area contributed by atoms with Crippen molar-refractivity contribution in [2.45, 2.75) is 191 Å². The summed E-state index contributed by atoms with van der Waals surface area (Å²) in [6, 6.07) is 0. The molecule has 0 spiro atoms. The number of aliphatic hydroxyl groups is 11. The van der Waals surface area contributed by atoms with Crippen LogP contribution in [-0.2, 0) is 18.9 Å². The van der Waals surface area contributed by atoms with Crippen molar-refractivity contribution in [1.29, 1.82) is 0 Å². The minimum atomic E-state index is -1.77. The zero-order valence-corrected chi connectivity index (χ0v) is 34.9. The van der Waals surface area contributed by atoms with Crippen molar-refractivity contribution in [3.05, 3.63) is 12.2 Å². The SMILES string of the molecule is CC(C)(O)[C@@H](O)C=C[C@](C)(O)[C@H]1CC[C@]2(C)[C@@H]1[C@H](O)C[C@@H]1[C@@]3(C)CC[C@H](O[C@@H]4O[C@H](CO)[C@@H](O)[C@H](O)[C@H]4O[C@@H]4O[C@H](CO)[C@@H](O)[C@H](O)[C@H]4O)C(C)(C)[C@@H]3CC[C@]12C. The van der Waals surface area contributed by atoms with E-state index in [0.717, 1.165) is 25.7 Å². The van der Waals surface area contributed by atoms with E-state index in [1.165, 1.54) is 19.9 Å². The molecule has 15 heteroatoms. The van der Waals surface area contributed by atoms with Gasteiger partial charge in [-0.25, -0.2) is 0 Å². The molecule has 330 valence electrons. The first-order valence-electron chi connectivity index (χ1n) is 21.0. The molecule has 4 saturated carbocycles. The molecule has 0 radical (unpaired) electrons. The average Bonchev–Trinajstić information content (AvgIpc) is 3.52. The monoisotopic (exact) mass is 816 g/mol. The van der Waals surface area contributed by atoms with Gasteiger partial charge in [0.2, 0.25) is 0 Å². The van der Waals surface area contributed by atoms with Gasteiger partial charge in [-0.3, -0.25) is 0 Å². The molecule has 0 unspecified atom stereocenters. The number of aliphatic hydroxyl groups excluding tert-OH is 9. The molecule has 4 aliphatic carbocycles. The molecule has 6 rings (SSSR count). The predicted molar refractivity (Wildman–Crippen MR) is 204 cm³/mol. The molecule has 11 N–H and O–H groups in total. The zero-order valence-electron chi connectivity index (χ0n) is 34.9. The predicted octanol–water partition coefficient (Wildman–Crippen LogP) is 0.0906. The summed E-state index contributed by atoms with van der Waals surface area (Å²) in [7, 11) is 0. The Balaban J connectivity index is 1.23. The van der Waals surface area contributed by atoms with Crippen molar-refractivity contribution in [2.24, 2.45) is 45.3 Å². The Morgan fingerprint density at radius 3 is 1.88 bits per heavy atom. The molecule has 0 aromatic rings. The number of fused-ring (bicyclic) bond motifs is 5. The van der Waals surface area contributed by atoms with E-state index in [1.54, 1.807) is 13.0 Å². The van der Waals surface area contributed by atoms with Crippen molar-refractivity contribution < 1.29 is 75.1 Å². The van der Waals surface area contributed by atoms with Crippen LogP contribution in [-0.4, -0.2) is 160 Å². The summed E-state index contributed by atoms with van der Waals surface area (Å²) in [5.74, 6) is -0.175. The minimum Gasteiger partial charge on any atom is -0.394 e. The van der Waals surface area contributed by atoms with E-state index in [2.05, 4.69) is 34.6 Å². The van der Waals surface area contributed by atoms with E-state index in [0.29, 0.717) is 19.3 Å². The Bertz CT molecular complexity index is 1430. The molecule has 21 atom stereocenters. The van der Waals surface area contributed by atoms with Crippen LogP contribution in [0, 0.1) is 45.3 Å². The van der Waals surface area contributed by atoms with Crippen molar-refractivity contribution >= 4 is 0 Å². The van der Waals surface area contributed by atoms with Gasteiger partial charge in [0.25, 0.3) is 0 Å². The lowest BCUT2D eigenvalue weighted by Gasteiger charge is -2.70. The molecule has 0 aromatic heterocycles. The van der Waals surface area contributed by atoms with E-state index in [-0.39, 0.29) is 39.9 Å². The highest BCUT2D eigenvalue weighted by molar-refractivity contribution is 5.22. The topological polar surface area (TPSA) is 259 Å². The Morgan fingerprint density at radius 2 is 1.28 bits per heavy atom. The summed E-state index contributed by atoms with van der Waals surface area (Å²) in [4.78, 5) is 0. The summed E-state index contributed by atoms with van der Waals surface area (Å²) in [6.07, 6.45) is -9.42. The van der Waals surface area contributed by atoms with Gasteiger partial charge >= 0.3 is 0 Å². The molecule has 6 aliphatic rings. The van der Waals surface area contributed by atoms with E-state index in [1.807, 2.05) is 0 Å². The Hall–Kier alpha value is -0.860. The van der Waals surface area contributed by atoms with Gasteiger partial charge in [0.15, 0.2) is 12.6 Å². The molecule has 0 bridgehead atoms. The van der Waals surface area contributed by atoms with E-state index in [9.17, 15) is 56.2 Å². The molecule has 2 heterocycles. The van der Waals surface area contributed by atoms with E-state index >= 15 is 0 Å². The van der Waals surface area contributed by atoms with Crippen LogP contribution in [0.15, 0.2) is 12.2 Å². The summed E-state index contributed by atoms with van der Waals surface area (Å²) < 4.78 is 24.3. The molecule has 15 nitrogen and oxygen atoms in total. The van der Waals surface area contributed by atoms with Crippen LogP contribution >= 0.6 is 0 Å². The summed E-state index contributed by atoms with van der Waals surface area (Å²) in [6.45, 7) is 14.7. The molecule has 6 fully saturated rings. The maximum atomic E-state index is 12.2. The highest BCUT2D eigenvalue weighted by Gasteiger charge is 2.71. The third-order valence-electron chi connectivity index (χ3n) is 16.7. The Labute approximate surface area is 336 Å². The van der Waals surface area contributed by atoms with Crippen LogP contribution in [0.1, 0.15) is 100 Å². The molecular weight excluding hydrogens is 744 g/mol. The first-order chi connectivity index (χ1) is 26.3. The number of hydrogen-bond acceptors (Lipinski definition) is 15. The fraction of sp³-hybridized carbons (Fsp3) is 0.952. The molecule has 0 amide bonds. The van der Waals surface area contributed by atoms with E-state index in [4.69, 9.17) is 18.9 Å². The Morgan fingerprint density at radius 1 is 0.702 bits per heavy atom. The van der Waals surface area contributed by atoms with Crippen molar-refractivity contribution in [2.75, 3.05) is 13.2 Å². The second kappa shape index (κ2) is 15.8. The summed E-state index contributed by atoms with van der Waals surface area (Å²) in [5, 5.41) is 118. The lowest BCUT2D eigenvalue weighted by molar-refractivity contribution is -0.378. The maximum Gasteiger partial charge on any atom is 0.187 e. The first-order valence-corrected chi connectivity index (χ1v) is 21.0. The second-order valence-corrected chi connectivity index (χ2v) is 20.6. The highest BCUT2D eigenvalue weighted by atomic mass is 16.8. The molecule has 2 aliphatic heterocycles. The quantitative estimate of drug-likeness (QED) is 0.103. The standard InChI is InChI=1S/C42H72O15/c1-37(2)24-10-15-40(6)25(17-21(45)28-20(9-14-41(28,40)7)42(8,53)16-11-26(46)38(3,4)52)39(24,5)13-12-27(37)56-36-34(32(50)30(48)23(19-44)55-36)57-35-33(51)31(49)29(47)22(18-43)54-35/h11,16,20-36,43-53H,9-10,12-15,17-19H2,1-8H3/t20-,21+,22+,23+,24-,25+,26-,27-,28-,29+,30+,31-,32-,33+,34+,35-,36-,39-,40+,41+,42-/m0/s1. The first kappa shape index (κ1) is 45.7. The summed E-state index contributed by atoms with van der Waals surface area (Å²) in [5.41, 5.74) is -3.85. The third-order valence-corrected chi connectivity index (χ3v) is 16.7.